The topological polar surface area (TPSA) is 83.9 Å². The molecule has 0 aromatic carbocycles. The van der Waals surface area contributed by atoms with Crippen molar-refractivity contribution in [3.8, 4) is 0 Å². The fourth-order valence-electron chi connectivity index (χ4n) is 1.15. The summed E-state index contributed by atoms with van der Waals surface area (Å²) < 4.78 is 4.28. The zero-order valence-electron chi connectivity index (χ0n) is 7.02. The number of carbonyl (C=O) groups is 3. The molecule has 0 bridgehead atoms. The second kappa shape index (κ2) is 3.53. The van der Waals surface area contributed by atoms with Gasteiger partial charge in [0.05, 0.1) is 13.7 Å². The van der Waals surface area contributed by atoms with Crippen molar-refractivity contribution in [3.05, 3.63) is 0 Å². The van der Waals surface area contributed by atoms with Gasteiger partial charge in [0.15, 0.2) is 11.7 Å². The van der Waals surface area contributed by atoms with Crippen LogP contribution in [0.15, 0.2) is 0 Å². The minimum Gasteiger partial charge on any atom is -0.468 e. The Bertz CT molecular complexity index is 262. The first kappa shape index (κ1) is 9.66. The molecular formula is C7H9NO5. The van der Waals surface area contributed by atoms with E-state index in [0.29, 0.717) is 0 Å². The van der Waals surface area contributed by atoms with Crippen molar-refractivity contribution in [2.24, 2.45) is 5.92 Å². The van der Waals surface area contributed by atoms with Crippen LogP contribution in [0.3, 0.4) is 0 Å². The van der Waals surface area contributed by atoms with Crippen LogP contribution in [0.2, 0.25) is 0 Å². The molecule has 0 aliphatic carbocycles. The van der Waals surface area contributed by atoms with Crippen LogP contribution in [-0.2, 0) is 19.1 Å². The second-order valence-corrected chi connectivity index (χ2v) is 2.60. The summed E-state index contributed by atoms with van der Waals surface area (Å²) in [7, 11) is 1.10. The Balaban J connectivity index is 2.82. The number of ketones is 1. The summed E-state index contributed by atoms with van der Waals surface area (Å²) in [4.78, 5) is 34.1. The van der Waals surface area contributed by atoms with Gasteiger partial charge in [-0.3, -0.25) is 14.4 Å². The van der Waals surface area contributed by atoms with Crippen LogP contribution in [0.1, 0.15) is 0 Å². The van der Waals surface area contributed by atoms with Gasteiger partial charge in [-0.2, -0.15) is 0 Å². The van der Waals surface area contributed by atoms with Gasteiger partial charge < -0.3 is 14.7 Å². The molecule has 1 saturated heterocycles. The van der Waals surface area contributed by atoms with Crippen LogP contribution in [-0.4, -0.2) is 48.1 Å². The number of ether oxygens (including phenoxy) is 1. The molecule has 0 spiro atoms. The van der Waals surface area contributed by atoms with Crippen molar-refractivity contribution in [3.63, 3.8) is 0 Å². The average Bonchev–Trinajstić information content (AvgIpc) is 2.40. The summed E-state index contributed by atoms with van der Waals surface area (Å²) in [6.07, 6.45) is 0. The number of methoxy groups -OCH3 is 1. The predicted octanol–water partition coefficient (Wildman–Crippen LogP) is -1.86. The second-order valence-electron chi connectivity index (χ2n) is 2.60. The molecule has 0 radical (unpaired) electrons. The molecule has 0 aromatic rings. The quantitative estimate of drug-likeness (QED) is 0.404. The molecule has 1 rings (SSSR count). The Hall–Kier alpha value is -1.43. The molecule has 72 valence electrons. The molecule has 1 N–H and O–H groups in total. The maximum absolute atomic E-state index is 11.2. The van der Waals surface area contributed by atoms with Gasteiger partial charge in [0.1, 0.15) is 6.73 Å². The zero-order chi connectivity index (χ0) is 10.0. The predicted molar refractivity (Wildman–Crippen MR) is 39.3 cm³/mol. The Morgan fingerprint density at radius 3 is 2.69 bits per heavy atom. The number of esters is 1. The molecule has 0 aromatic heterocycles. The SMILES string of the molecule is COC(=O)C1C(=O)CN(CO)C1=O. The smallest absolute Gasteiger partial charge is 0.325 e. The van der Waals surface area contributed by atoms with E-state index in [4.69, 9.17) is 5.11 Å². The minimum atomic E-state index is -1.38. The van der Waals surface area contributed by atoms with Crippen LogP contribution in [0.5, 0.6) is 0 Å². The van der Waals surface area contributed by atoms with Gasteiger partial charge in [-0.25, -0.2) is 0 Å². The lowest BCUT2D eigenvalue weighted by atomic mass is 10.1. The molecule has 1 aliphatic heterocycles. The van der Waals surface area contributed by atoms with Crippen LogP contribution in [0.25, 0.3) is 0 Å². The fourth-order valence-corrected chi connectivity index (χ4v) is 1.15. The molecule has 1 unspecified atom stereocenters. The highest BCUT2D eigenvalue weighted by atomic mass is 16.5. The third-order valence-corrected chi connectivity index (χ3v) is 1.83. The standard InChI is InChI=1S/C7H9NO5/c1-13-7(12)5-4(10)2-8(3-9)6(5)11/h5,9H,2-3H2,1H3. The molecule has 6 heteroatoms. The Morgan fingerprint density at radius 2 is 2.31 bits per heavy atom. The molecule has 6 nitrogen and oxygen atoms in total. The lowest BCUT2D eigenvalue weighted by Crippen LogP contribution is -2.32. The van der Waals surface area contributed by atoms with Crippen molar-refractivity contribution in [2.75, 3.05) is 20.4 Å². The number of hydrogen-bond donors (Lipinski definition) is 1. The highest BCUT2D eigenvalue weighted by Gasteiger charge is 2.44. The normalized spacial score (nSPS) is 22.3. The van der Waals surface area contributed by atoms with Gasteiger partial charge in [-0.15, -0.1) is 0 Å². The lowest BCUT2D eigenvalue weighted by molar-refractivity contribution is -0.152. The number of aliphatic hydroxyl groups is 1. The van der Waals surface area contributed by atoms with E-state index in [9.17, 15) is 14.4 Å². The van der Waals surface area contributed by atoms with Gasteiger partial charge in [-0.1, -0.05) is 0 Å². The monoisotopic (exact) mass is 187 g/mol. The number of amides is 1. The molecular weight excluding hydrogens is 178 g/mol. The summed E-state index contributed by atoms with van der Waals surface area (Å²) in [6.45, 7) is -0.785. The molecule has 1 heterocycles. The summed E-state index contributed by atoms with van der Waals surface area (Å²) >= 11 is 0. The number of carbonyl (C=O) groups excluding carboxylic acids is 3. The first-order chi connectivity index (χ1) is 6.11. The number of likely N-dealkylation sites (tertiary alicyclic amines) is 1. The van der Waals surface area contributed by atoms with E-state index < -0.39 is 30.3 Å². The summed E-state index contributed by atoms with van der Waals surface area (Å²) in [6, 6.07) is 0. The van der Waals surface area contributed by atoms with E-state index in [1.807, 2.05) is 0 Å². The third kappa shape index (κ3) is 1.52. The zero-order valence-corrected chi connectivity index (χ0v) is 7.02. The Kier molecular flexibility index (Phi) is 2.62. The van der Waals surface area contributed by atoms with E-state index in [1.165, 1.54) is 0 Å². The highest BCUT2D eigenvalue weighted by molar-refractivity contribution is 6.21. The minimum absolute atomic E-state index is 0.227. The van der Waals surface area contributed by atoms with Gasteiger partial charge >= 0.3 is 5.97 Å². The number of nitrogens with zero attached hydrogens (tertiary/aromatic N) is 1. The van der Waals surface area contributed by atoms with E-state index >= 15 is 0 Å². The molecule has 1 aliphatic rings. The maximum Gasteiger partial charge on any atom is 0.325 e. The van der Waals surface area contributed by atoms with Crippen molar-refractivity contribution < 1.29 is 24.2 Å². The first-order valence-corrected chi connectivity index (χ1v) is 3.62. The van der Waals surface area contributed by atoms with Gasteiger partial charge in [0.2, 0.25) is 5.91 Å². The lowest BCUT2D eigenvalue weighted by Gasteiger charge is -2.09. The van der Waals surface area contributed by atoms with Crippen LogP contribution >= 0.6 is 0 Å². The van der Waals surface area contributed by atoms with Crippen LogP contribution in [0.4, 0.5) is 0 Å². The van der Waals surface area contributed by atoms with Crippen molar-refractivity contribution in [1.82, 2.24) is 4.90 Å². The average molecular weight is 187 g/mol. The molecule has 1 atom stereocenters. The summed E-state index contributed by atoms with van der Waals surface area (Å²) in [5.41, 5.74) is 0. The summed E-state index contributed by atoms with van der Waals surface area (Å²) in [5.74, 6) is -3.48. The molecule has 0 saturated carbocycles. The summed E-state index contributed by atoms with van der Waals surface area (Å²) in [5, 5.41) is 8.63. The largest absolute Gasteiger partial charge is 0.468 e. The highest BCUT2D eigenvalue weighted by Crippen LogP contribution is 2.14. The Morgan fingerprint density at radius 1 is 1.69 bits per heavy atom. The number of aliphatic hydroxyl groups excluding tert-OH is 1. The van der Waals surface area contributed by atoms with Crippen LogP contribution in [0, 0.1) is 5.92 Å². The Labute approximate surface area is 74.1 Å². The molecule has 1 fully saturated rings. The van der Waals surface area contributed by atoms with Gasteiger partial charge in [0.25, 0.3) is 0 Å². The van der Waals surface area contributed by atoms with Crippen molar-refractivity contribution >= 4 is 17.7 Å². The van der Waals surface area contributed by atoms with Crippen molar-refractivity contribution in [2.45, 2.75) is 0 Å². The van der Waals surface area contributed by atoms with E-state index in [1.54, 1.807) is 0 Å². The first-order valence-electron chi connectivity index (χ1n) is 3.62. The van der Waals surface area contributed by atoms with E-state index in [2.05, 4.69) is 4.74 Å². The fraction of sp³-hybridized carbons (Fsp3) is 0.571. The van der Waals surface area contributed by atoms with Crippen molar-refractivity contribution in [1.29, 1.82) is 0 Å². The number of Topliss-reactive ketones (excluding diaryl/α,β-unsaturated/α-hetero) is 1. The van der Waals surface area contributed by atoms with Gasteiger partial charge in [0, 0.05) is 0 Å². The van der Waals surface area contributed by atoms with E-state index in [-0.39, 0.29) is 6.54 Å². The molecule has 1 amide bonds. The van der Waals surface area contributed by atoms with Gasteiger partial charge in [-0.05, 0) is 0 Å². The third-order valence-electron chi connectivity index (χ3n) is 1.83. The number of hydrogen-bond acceptors (Lipinski definition) is 5. The molecule has 13 heavy (non-hydrogen) atoms. The maximum atomic E-state index is 11.2. The number of rotatable bonds is 2. The van der Waals surface area contributed by atoms with E-state index in [0.717, 1.165) is 12.0 Å². The van der Waals surface area contributed by atoms with Crippen LogP contribution < -0.4 is 0 Å².